The lowest BCUT2D eigenvalue weighted by Crippen LogP contribution is -2.23. The van der Waals surface area contributed by atoms with Gasteiger partial charge in [-0.25, -0.2) is 0 Å². The van der Waals surface area contributed by atoms with Crippen LogP contribution in [0, 0.1) is 0 Å². The smallest absolute Gasteiger partial charge is 0.255 e. The van der Waals surface area contributed by atoms with Gasteiger partial charge in [-0.2, -0.15) is 0 Å². The quantitative estimate of drug-likeness (QED) is 0.400. The summed E-state index contributed by atoms with van der Waals surface area (Å²) in [5.41, 5.74) is 1.50. The Morgan fingerprint density at radius 2 is 1.57 bits per heavy atom. The fourth-order valence-electron chi connectivity index (χ4n) is 3.04. The Morgan fingerprint density at radius 3 is 2.33 bits per heavy atom. The average molecular weight is 414 g/mol. The summed E-state index contributed by atoms with van der Waals surface area (Å²) in [5, 5.41) is 2.97. The minimum Gasteiger partial charge on any atom is -0.493 e. The van der Waals surface area contributed by atoms with Gasteiger partial charge >= 0.3 is 0 Å². The summed E-state index contributed by atoms with van der Waals surface area (Å²) < 4.78 is 17.1. The second kappa shape index (κ2) is 13.5. The average Bonchev–Trinajstić information content (AvgIpc) is 2.78. The van der Waals surface area contributed by atoms with Gasteiger partial charge in [0.15, 0.2) is 11.5 Å². The van der Waals surface area contributed by atoms with E-state index in [1.807, 2.05) is 36.4 Å². The van der Waals surface area contributed by atoms with Crippen molar-refractivity contribution < 1.29 is 19.0 Å². The Hall–Kier alpha value is -2.69. The second-order valence-electron chi connectivity index (χ2n) is 7.28. The zero-order valence-corrected chi connectivity index (χ0v) is 18.5. The molecule has 5 nitrogen and oxygen atoms in total. The van der Waals surface area contributed by atoms with Crippen LogP contribution in [0.3, 0.4) is 0 Å². The number of amides is 1. The number of para-hydroxylation sites is 1. The first kappa shape index (κ1) is 23.6. The summed E-state index contributed by atoms with van der Waals surface area (Å²) in [4.78, 5) is 12.7. The summed E-state index contributed by atoms with van der Waals surface area (Å²) in [7, 11) is 1.62. The number of methoxy groups -OCH3 is 1. The van der Waals surface area contributed by atoms with Crippen LogP contribution in [-0.2, 0) is 6.54 Å². The number of benzene rings is 2. The Balaban J connectivity index is 1.94. The summed E-state index contributed by atoms with van der Waals surface area (Å²) >= 11 is 0. The third-order valence-electron chi connectivity index (χ3n) is 4.82. The molecule has 0 unspecified atom stereocenters. The normalized spacial score (nSPS) is 10.5. The minimum absolute atomic E-state index is 0.151. The van der Waals surface area contributed by atoms with Crippen molar-refractivity contribution in [3.8, 4) is 17.2 Å². The molecule has 0 fully saturated rings. The third-order valence-corrected chi connectivity index (χ3v) is 4.82. The van der Waals surface area contributed by atoms with Gasteiger partial charge in [-0.05, 0) is 42.7 Å². The molecule has 0 saturated carbocycles. The van der Waals surface area contributed by atoms with E-state index < -0.39 is 0 Å². The van der Waals surface area contributed by atoms with Crippen LogP contribution in [0.2, 0.25) is 0 Å². The molecular weight excluding hydrogens is 378 g/mol. The number of carbonyl (C=O) groups excluding carboxylic acids is 1. The van der Waals surface area contributed by atoms with Crippen LogP contribution in [0.4, 0.5) is 0 Å². The molecule has 30 heavy (non-hydrogen) atoms. The highest BCUT2D eigenvalue weighted by Crippen LogP contribution is 2.28. The van der Waals surface area contributed by atoms with E-state index in [0.29, 0.717) is 36.8 Å². The van der Waals surface area contributed by atoms with Crippen molar-refractivity contribution in [2.75, 3.05) is 20.3 Å². The van der Waals surface area contributed by atoms with Crippen LogP contribution in [0.1, 0.15) is 68.3 Å². The van der Waals surface area contributed by atoms with Gasteiger partial charge in [-0.3, -0.25) is 4.79 Å². The molecule has 0 bridgehead atoms. The molecule has 0 aliphatic rings. The Labute approximate surface area is 180 Å². The molecule has 2 rings (SSSR count). The zero-order valence-electron chi connectivity index (χ0n) is 18.5. The number of hydrogen-bond donors (Lipinski definition) is 1. The van der Waals surface area contributed by atoms with Gasteiger partial charge in [0.1, 0.15) is 5.75 Å². The lowest BCUT2D eigenvalue weighted by Gasteiger charge is -2.14. The Kier molecular flexibility index (Phi) is 10.6. The van der Waals surface area contributed by atoms with Crippen LogP contribution >= 0.6 is 0 Å². The van der Waals surface area contributed by atoms with Gasteiger partial charge in [-0.15, -0.1) is 0 Å². The summed E-state index contributed by atoms with van der Waals surface area (Å²) in [6.45, 7) is 6.00. The van der Waals surface area contributed by atoms with Gasteiger partial charge in [-0.1, -0.05) is 57.7 Å². The van der Waals surface area contributed by atoms with Crippen molar-refractivity contribution in [1.29, 1.82) is 0 Å². The van der Waals surface area contributed by atoms with E-state index in [4.69, 9.17) is 14.2 Å². The fraction of sp³-hybridized carbons (Fsp3) is 0.480. The lowest BCUT2D eigenvalue weighted by atomic mass is 10.1. The van der Waals surface area contributed by atoms with E-state index in [1.54, 1.807) is 13.2 Å². The molecule has 164 valence electrons. The number of hydrogen-bond acceptors (Lipinski definition) is 4. The van der Waals surface area contributed by atoms with Crippen LogP contribution in [0.5, 0.6) is 17.2 Å². The molecule has 2 aromatic carbocycles. The highest BCUT2D eigenvalue weighted by molar-refractivity contribution is 5.96. The topological polar surface area (TPSA) is 56.8 Å². The van der Waals surface area contributed by atoms with Crippen LogP contribution in [0.25, 0.3) is 0 Å². The highest BCUT2D eigenvalue weighted by Gasteiger charge is 2.13. The Bertz CT molecular complexity index is 775. The van der Waals surface area contributed by atoms with E-state index in [0.717, 1.165) is 37.0 Å². The number of rotatable bonds is 14. The summed E-state index contributed by atoms with van der Waals surface area (Å²) in [5.74, 6) is 1.88. The maximum Gasteiger partial charge on any atom is 0.255 e. The fourth-order valence-corrected chi connectivity index (χ4v) is 3.04. The van der Waals surface area contributed by atoms with Crippen molar-refractivity contribution in [3.63, 3.8) is 0 Å². The van der Waals surface area contributed by atoms with Crippen molar-refractivity contribution in [2.45, 2.75) is 58.9 Å². The SMILES string of the molecule is CCCCCCOc1ccccc1C(=O)NCc1ccc(OCCCC)c(OC)c1. The molecule has 0 aromatic heterocycles. The molecule has 0 heterocycles. The van der Waals surface area contributed by atoms with E-state index in [2.05, 4.69) is 19.2 Å². The first-order chi connectivity index (χ1) is 14.7. The highest BCUT2D eigenvalue weighted by atomic mass is 16.5. The molecule has 5 heteroatoms. The number of carbonyl (C=O) groups is 1. The van der Waals surface area contributed by atoms with Gasteiger partial charge < -0.3 is 19.5 Å². The standard InChI is InChI=1S/C25H35NO4/c1-4-6-8-11-17-29-22-13-10-9-12-21(22)25(27)26-19-20-14-15-23(24(18-20)28-3)30-16-7-5-2/h9-10,12-15,18H,4-8,11,16-17,19H2,1-3H3,(H,26,27). The van der Waals surface area contributed by atoms with Crippen LogP contribution in [-0.4, -0.2) is 26.2 Å². The molecule has 2 aromatic rings. The predicted octanol–water partition coefficient (Wildman–Crippen LogP) is 5.76. The maximum atomic E-state index is 12.7. The molecule has 1 amide bonds. The number of ether oxygens (including phenoxy) is 3. The summed E-state index contributed by atoms with van der Waals surface area (Å²) in [6.07, 6.45) is 6.62. The van der Waals surface area contributed by atoms with E-state index >= 15 is 0 Å². The van der Waals surface area contributed by atoms with E-state index in [-0.39, 0.29) is 5.91 Å². The van der Waals surface area contributed by atoms with Crippen molar-refractivity contribution in [2.24, 2.45) is 0 Å². The van der Waals surface area contributed by atoms with Crippen LogP contribution in [0.15, 0.2) is 42.5 Å². The molecule has 1 N–H and O–H groups in total. The lowest BCUT2D eigenvalue weighted by molar-refractivity contribution is 0.0946. The monoisotopic (exact) mass is 413 g/mol. The van der Waals surface area contributed by atoms with Crippen molar-refractivity contribution in [1.82, 2.24) is 5.32 Å². The first-order valence-corrected chi connectivity index (χ1v) is 11.0. The second-order valence-corrected chi connectivity index (χ2v) is 7.28. The van der Waals surface area contributed by atoms with Gasteiger partial charge in [0.05, 0.1) is 25.9 Å². The van der Waals surface area contributed by atoms with E-state index in [1.165, 1.54) is 12.8 Å². The third kappa shape index (κ3) is 7.62. The molecular formula is C25H35NO4. The molecule has 0 spiro atoms. The Morgan fingerprint density at radius 1 is 0.833 bits per heavy atom. The minimum atomic E-state index is -0.151. The van der Waals surface area contributed by atoms with Gasteiger partial charge in [0.25, 0.3) is 5.91 Å². The largest absolute Gasteiger partial charge is 0.493 e. The molecule has 0 saturated heterocycles. The summed E-state index contributed by atoms with van der Waals surface area (Å²) in [6, 6.07) is 13.1. The maximum absolute atomic E-state index is 12.7. The zero-order chi connectivity index (χ0) is 21.6. The number of nitrogens with one attached hydrogen (secondary N) is 1. The van der Waals surface area contributed by atoms with Crippen molar-refractivity contribution in [3.05, 3.63) is 53.6 Å². The van der Waals surface area contributed by atoms with E-state index in [9.17, 15) is 4.79 Å². The molecule has 0 radical (unpaired) electrons. The molecule has 0 aliphatic heterocycles. The first-order valence-electron chi connectivity index (χ1n) is 11.0. The molecule has 0 atom stereocenters. The van der Waals surface area contributed by atoms with Gasteiger partial charge in [0.2, 0.25) is 0 Å². The van der Waals surface area contributed by atoms with Crippen molar-refractivity contribution >= 4 is 5.91 Å². The molecule has 0 aliphatic carbocycles. The number of unbranched alkanes of at least 4 members (excludes halogenated alkanes) is 4. The van der Waals surface area contributed by atoms with Gasteiger partial charge in [0, 0.05) is 6.54 Å². The van der Waals surface area contributed by atoms with Crippen LogP contribution < -0.4 is 19.5 Å². The predicted molar refractivity (Wildman–Crippen MR) is 121 cm³/mol.